The molecule has 3 aromatic rings. The van der Waals surface area contributed by atoms with Gasteiger partial charge in [-0.3, -0.25) is 24.6 Å². The van der Waals surface area contributed by atoms with E-state index in [0.717, 1.165) is 16.8 Å². The van der Waals surface area contributed by atoms with Gasteiger partial charge in [0.25, 0.3) is 11.6 Å². The van der Waals surface area contributed by atoms with Crippen LogP contribution in [0.15, 0.2) is 72.8 Å². The Morgan fingerprint density at radius 3 is 2.58 bits per heavy atom. The van der Waals surface area contributed by atoms with E-state index in [1.54, 1.807) is 17.0 Å². The maximum Gasteiger partial charge on any atom is 0.270 e. The fraction of sp³-hybridized carbons (Fsp3) is 0.200. The normalized spacial score (nSPS) is 15.7. The molecule has 0 spiro atoms. The van der Waals surface area contributed by atoms with Gasteiger partial charge in [-0.1, -0.05) is 56.3 Å². The number of nitrogens with zero attached hydrogens (tertiary/aromatic N) is 2. The van der Waals surface area contributed by atoms with Crippen molar-refractivity contribution in [2.75, 3.05) is 16.0 Å². The van der Waals surface area contributed by atoms with Gasteiger partial charge in [0.15, 0.2) is 0 Å². The highest BCUT2D eigenvalue weighted by atomic mass is 32.2. The van der Waals surface area contributed by atoms with Gasteiger partial charge >= 0.3 is 0 Å². The number of thioether (sulfide) groups is 1. The minimum absolute atomic E-state index is 0.0120. The Bertz CT molecular complexity index is 1230. The van der Waals surface area contributed by atoms with Gasteiger partial charge in [-0.2, -0.15) is 0 Å². The summed E-state index contributed by atoms with van der Waals surface area (Å²) in [6.07, 6.45) is 0. The zero-order valence-electron chi connectivity index (χ0n) is 18.2. The molecular formula is C25H23N3O4S. The van der Waals surface area contributed by atoms with Crippen molar-refractivity contribution in [1.29, 1.82) is 0 Å². The van der Waals surface area contributed by atoms with Gasteiger partial charge in [0, 0.05) is 34.6 Å². The Kier molecular flexibility index (Phi) is 6.46. The molecule has 0 aromatic heterocycles. The number of benzene rings is 3. The van der Waals surface area contributed by atoms with Crippen molar-refractivity contribution >= 4 is 40.6 Å². The first-order valence-electron chi connectivity index (χ1n) is 10.5. The lowest BCUT2D eigenvalue weighted by Crippen LogP contribution is -2.29. The first kappa shape index (κ1) is 22.5. The zero-order chi connectivity index (χ0) is 23.5. The quantitative estimate of drug-likeness (QED) is 0.373. The summed E-state index contributed by atoms with van der Waals surface area (Å²) in [5.41, 5.74) is 3.35. The van der Waals surface area contributed by atoms with Gasteiger partial charge in [0.1, 0.15) is 5.37 Å². The smallest absolute Gasteiger partial charge is 0.270 e. The van der Waals surface area contributed by atoms with Crippen molar-refractivity contribution in [3.05, 3.63) is 99.6 Å². The number of para-hydroxylation sites is 2. The van der Waals surface area contributed by atoms with E-state index in [2.05, 4.69) is 19.2 Å². The lowest BCUT2D eigenvalue weighted by Gasteiger charge is -2.29. The number of hydrogen-bond acceptors (Lipinski definition) is 5. The van der Waals surface area contributed by atoms with E-state index in [1.165, 1.54) is 36.0 Å². The number of amides is 2. The van der Waals surface area contributed by atoms with Crippen LogP contribution < -0.4 is 10.2 Å². The van der Waals surface area contributed by atoms with Crippen LogP contribution in [0.25, 0.3) is 0 Å². The van der Waals surface area contributed by atoms with E-state index in [4.69, 9.17) is 0 Å². The highest BCUT2D eigenvalue weighted by Gasteiger charge is 2.36. The monoisotopic (exact) mass is 461 g/mol. The third-order valence-electron chi connectivity index (χ3n) is 5.48. The van der Waals surface area contributed by atoms with Crippen LogP contribution in [-0.2, 0) is 4.79 Å². The molecule has 0 saturated carbocycles. The van der Waals surface area contributed by atoms with Crippen LogP contribution >= 0.6 is 11.8 Å². The molecule has 168 valence electrons. The van der Waals surface area contributed by atoms with Gasteiger partial charge in [-0.15, -0.1) is 11.8 Å². The average Bonchev–Trinajstić information content (AvgIpc) is 3.20. The summed E-state index contributed by atoms with van der Waals surface area (Å²) in [6.45, 7) is 4.18. The van der Waals surface area contributed by atoms with Crippen molar-refractivity contribution in [3.8, 4) is 0 Å². The van der Waals surface area contributed by atoms with Crippen LogP contribution in [-0.4, -0.2) is 22.5 Å². The number of hydrogen-bond donors (Lipinski definition) is 1. The van der Waals surface area contributed by atoms with Crippen molar-refractivity contribution in [1.82, 2.24) is 0 Å². The van der Waals surface area contributed by atoms with Crippen LogP contribution in [0.1, 0.15) is 46.6 Å². The van der Waals surface area contributed by atoms with E-state index in [0.29, 0.717) is 11.4 Å². The highest BCUT2D eigenvalue weighted by molar-refractivity contribution is 8.00. The first-order chi connectivity index (χ1) is 15.9. The molecule has 2 amide bonds. The van der Waals surface area contributed by atoms with Gasteiger partial charge in [-0.25, -0.2) is 0 Å². The number of nitro groups is 1. The summed E-state index contributed by atoms with van der Waals surface area (Å²) >= 11 is 1.51. The molecule has 0 unspecified atom stereocenters. The Labute approximate surface area is 196 Å². The molecule has 1 aliphatic heterocycles. The van der Waals surface area contributed by atoms with Crippen LogP contribution in [0.2, 0.25) is 0 Å². The molecular weight excluding hydrogens is 438 g/mol. The molecule has 1 fully saturated rings. The van der Waals surface area contributed by atoms with Gasteiger partial charge < -0.3 is 5.32 Å². The second-order valence-corrected chi connectivity index (χ2v) is 9.06. The Balaban J connectivity index is 1.68. The second kappa shape index (κ2) is 9.46. The van der Waals surface area contributed by atoms with E-state index in [9.17, 15) is 19.7 Å². The number of nitrogens with one attached hydrogen (secondary N) is 1. The molecule has 0 bridgehead atoms. The van der Waals surface area contributed by atoms with Crippen LogP contribution in [0.3, 0.4) is 0 Å². The SMILES string of the molecule is CC(C)c1ccccc1N1C(=O)CS[C@H]1c1ccccc1NC(=O)c1cccc([N+](=O)[O-])c1. The molecule has 1 atom stereocenters. The number of nitro benzene ring substituents is 1. The summed E-state index contributed by atoms with van der Waals surface area (Å²) in [7, 11) is 0. The maximum absolute atomic E-state index is 12.9. The molecule has 1 N–H and O–H groups in total. The highest BCUT2D eigenvalue weighted by Crippen LogP contribution is 2.46. The minimum Gasteiger partial charge on any atom is -0.322 e. The minimum atomic E-state index is -0.532. The molecule has 0 radical (unpaired) electrons. The Morgan fingerprint density at radius 1 is 1.09 bits per heavy atom. The first-order valence-corrected chi connectivity index (χ1v) is 11.6. The van der Waals surface area contributed by atoms with Crippen molar-refractivity contribution in [2.45, 2.75) is 25.1 Å². The molecule has 3 aromatic carbocycles. The summed E-state index contributed by atoms with van der Waals surface area (Å²) < 4.78 is 0. The van der Waals surface area contributed by atoms with Gasteiger partial charge in [0.05, 0.1) is 10.7 Å². The standard InChI is InChI=1S/C25H23N3O4S/c1-16(2)19-10-4-6-13-22(19)27-23(29)15-33-25(27)20-11-3-5-12-21(20)26-24(30)17-8-7-9-18(14-17)28(31)32/h3-14,16,25H,15H2,1-2H3,(H,26,30)/t25-/m0/s1. The van der Waals surface area contributed by atoms with Crippen LogP contribution in [0, 0.1) is 10.1 Å². The largest absolute Gasteiger partial charge is 0.322 e. The molecule has 7 nitrogen and oxygen atoms in total. The fourth-order valence-electron chi connectivity index (χ4n) is 3.89. The summed E-state index contributed by atoms with van der Waals surface area (Å²) in [5, 5.41) is 13.6. The fourth-order valence-corrected chi connectivity index (χ4v) is 5.10. The number of rotatable bonds is 6. The molecule has 0 aliphatic carbocycles. The van der Waals surface area contributed by atoms with Crippen LogP contribution in [0.4, 0.5) is 17.1 Å². The molecule has 4 rings (SSSR count). The third kappa shape index (κ3) is 4.61. The summed E-state index contributed by atoms with van der Waals surface area (Å²) in [6, 6.07) is 20.8. The van der Waals surface area contributed by atoms with E-state index < -0.39 is 10.8 Å². The molecule has 8 heteroatoms. The zero-order valence-corrected chi connectivity index (χ0v) is 19.0. The number of anilines is 2. The maximum atomic E-state index is 12.9. The Hall–Kier alpha value is -3.65. The van der Waals surface area contributed by atoms with Gasteiger partial charge in [-0.05, 0) is 29.7 Å². The van der Waals surface area contributed by atoms with Gasteiger partial charge in [0.2, 0.25) is 5.91 Å². The van der Waals surface area contributed by atoms with Crippen molar-refractivity contribution < 1.29 is 14.5 Å². The predicted octanol–water partition coefficient (Wildman–Crippen LogP) is 5.75. The summed E-state index contributed by atoms with van der Waals surface area (Å²) in [5.74, 6) is 0.140. The van der Waals surface area contributed by atoms with E-state index in [1.807, 2.05) is 36.4 Å². The number of carbonyl (C=O) groups is 2. The molecule has 1 aliphatic rings. The Morgan fingerprint density at radius 2 is 1.82 bits per heavy atom. The van der Waals surface area contributed by atoms with Crippen molar-refractivity contribution in [3.63, 3.8) is 0 Å². The molecule has 1 heterocycles. The van der Waals surface area contributed by atoms with E-state index in [-0.39, 0.29) is 28.4 Å². The summed E-state index contributed by atoms with van der Waals surface area (Å²) in [4.78, 5) is 38.2. The second-order valence-electron chi connectivity index (χ2n) is 7.99. The number of non-ortho nitro benzene ring substituents is 1. The lowest BCUT2D eigenvalue weighted by atomic mass is 10.00. The van der Waals surface area contributed by atoms with E-state index >= 15 is 0 Å². The van der Waals surface area contributed by atoms with Crippen molar-refractivity contribution in [2.24, 2.45) is 0 Å². The predicted molar refractivity (Wildman–Crippen MR) is 131 cm³/mol. The molecule has 33 heavy (non-hydrogen) atoms. The number of carbonyl (C=O) groups excluding carboxylic acids is 2. The average molecular weight is 462 g/mol. The van der Waals surface area contributed by atoms with Crippen LogP contribution in [0.5, 0.6) is 0 Å². The topological polar surface area (TPSA) is 92.6 Å². The third-order valence-corrected chi connectivity index (χ3v) is 6.67. The molecule has 1 saturated heterocycles. The lowest BCUT2D eigenvalue weighted by molar-refractivity contribution is -0.384.